The van der Waals surface area contributed by atoms with Gasteiger partial charge >= 0.3 is 0 Å². The fraction of sp³-hybridized carbons (Fsp3) is 0.545. The topological polar surface area (TPSA) is 28.2 Å². The fourth-order valence-corrected chi connectivity index (χ4v) is 2.23. The third-order valence-corrected chi connectivity index (χ3v) is 3.12. The van der Waals surface area contributed by atoms with Crippen LogP contribution in [0, 0.1) is 0 Å². The molecule has 0 amide bonds. The van der Waals surface area contributed by atoms with E-state index in [9.17, 15) is 0 Å². The van der Waals surface area contributed by atoms with Crippen molar-refractivity contribution in [2.24, 2.45) is 0 Å². The maximum Gasteiger partial charge on any atom is 0.0410 e. The van der Waals surface area contributed by atoms with E-state index in [4.69, 9.17) is 0 Å². The van der Waals surface area contributed by atoms with Gasteiger partial charge < -0.3 is 10.2 Å². The number of hydrogen-bond donors (Lipinski definition) is 1. The SMILES string of the molecule is Brc1cncc(CCN2CCNCC2)c1. The first-order valence-corrected chi connectivity index (χ1v) is 6.16. The monoisotopic (exact) mass is 269 g/mol. The van der Waals surface area contributed by atoms with Gasteiger partial charge in [-0.1, -0.05) is 0 Å². The number of rotatable bonds is 3. The third kappa shape index (κ3) is 3.55. The van der Waals surface area contributed by atoms with Crippen LogP contribution in [0.1, 0.15) is 5.56 Å². The van der Waals surface area contributed by atoms with Crippen molar-refractivity contribution in [1.29, 1.82) is 0 Å². The lowest BCUT2D eigenvalue weighted by molar-refractivity contribution is 0.244. The Hall–Kier alpha value is -0.450. The highest BCUT2D eigenvalue weighted by Crippen LogP contribution is 2.10. The van der Waals surface area contributed by atoms with Crippen molar-refractivity contribution in [3.63, 3.8) is 0 Å². The third-order valence-electron chi connectivity index (χ3n) is 2.69. The highest BCUT2D eigenvalue weighted by Gasteiger charge is 2.08. The summed E-state index contributed by atoms with van der Waals surface area (Å²) in [5, 5.41) is 3.36. The van der Waals surface area contributed by atoms with Gasteiger partial charge in [0, 0.05) is 49.6 Å². The van der Waals surface area contributed by atoms with Crippen molar-refractivity contribution in [1.82, 2.24) is 15.2 Å². The van der Waals surface area contributed by atoms with Gasteiger partial charge in [0.15, 0.2) is 0 Å². The summed E-state index contributed by atoms with van der Waals surface area (Å²) in [5.74, 6) is 0. The van der Waals surface area contributed by atoms with E-state index in [-0.39, 0.29) is 0 Å². The van der Waals surface area contributed by atoms with Crippen LogP contribution in [0.15, 0.2) is 22.9 Å². The van der Waals surface area contributed by atoms with E-state index in [1.54, 1.807) is 0 Å². The summed E-state index contributed by atoms with van der Waals surface area (Å²) in [6.07, 6.45) is 4.87. The highest BCUT2D eigenvalue weighted by molar-refractivity contribution is 9.10. The molecule has 1 aromatic rings. The molecule has 1 aromatic heterocycles. The molecular formula is C11H16BrN3. The smallest absolute Gasteiger partial charge is 0.0410 e. The number of piperazine rings is 1. The Morgan fingerprint density at radius 3 is 2.87 bits per heavy atom. The van der Waals surface area contributed by atoms with Crippen LogP contribution in [0.3, 0.4) is 0 Å². The minimum atomic E-state index is 1.07. The van der Waals surface area contributed by atoms with E-state index < -0.39 is 0 Å². The zero-order valence-electron chi connectivity index (χ0n) is 8.75. The van der Waals surface area contributed by atoms with Crippen LogP contribution < -0.4 is 5.32 Å². The quantitative estimate of drug-likeness (QED) is 0.897. The van der Waals surface area contributed by atoms with Gasteiger partial charge in [-0.3, -0.25) is 4.98 Å². The Morgan fingerprint density at radius 1 is 1.33 bits per heavy atom. The fourth-order valence-electron chi connectivity index (χ4n) is 1.81. The maximum absolute atomic E-state index is 4.17. The second-order valence-electron chi connectivity index (χ2n) is 3.85. The van der Waals surface area contributed by atoms with Crippen molar-refractivity contribution in [2.45, 2.75) is 6.42 Å². The molecule has 0 radical (unpaired) electrons. The van der Waals surface area contributed by atoms with E-state index >= 15 is 0 Å². The summed E-state index contributed by atoms with van der Waals surface area (Å²) in [7, 11) is 0. The number of aromatic nitrogens is 1. The first kappa shape index (κ1) is 11.0. The standard InChI is InChI=1S/C11H16BrN3/c12-11-7-10(8-14-9-11)1-4-15-5-2-13-3-6-15/h7-9,13H,1-6H2. The molecule has 82 valence electrons. The maximum atomic E-state index is 4.17. The van der Waals surface area contributed by atoms with Crippen LogP contribution in [0.5, 0.6) is 0 Å². The lowest BCUT2D eigenvalue weighted by Crippen LogP contribution is -2.44. The molecule has 1 N–H and O–H groups in total. The molecule has 0 atom stereocenters. The van der Waals surface area contributed by atoms with Gasteiger partial charge in [0.25, 0.3) is 0 Å². The molecule has 0 aliphatic carbocycles. The zero-order valence-corrected chi connectivity index (χ0v) is 10.3. The molecule has 1 aliphatic rings. The molecule has 4 heteroatoms. The van der Waals surface area contributed by atoms with Gasteiger partial charge in [-0.05, 0) is 34.0 Å². The molecule has 1 fully saturated rings. The van der Waals surface area contributed by atoms with Gasteiger partial charge in [0.1, 0.15) is 0 Å². The van der Waals surface area contributed by atoms with Crippen LogP contribution in [-0.2, 0) is 6.42 Å². The summed E-state index contributed by atoms with van der Waals surface area (Å²) >= 11 is 3.44. The molecular weight excluding hydrogens is 254 g/mol. The molecule has 0 saturated carbocycles. The van der Waals surface area contributed by atoms with E-state index in [1.807, 2.05) is 12.4 Å². The molecule has 15 heavy (non-hydrogen) atoms. The summed E-state index contributed by atoms with van der Waals surface area (Å²) < 4.78 is 1.07. The minimum Gasteiger partial charge on any atom is -0.314 e. The number of pyridine rings is 1. The minimum absolute atomic E-state index is 1.07. The molecule has 1 aliphatic heterocycles. The van der Waals surface area contributed by atoms with Gasteiger partial charge in [-0.15, -0.1) is 0 Å². The lowest BCUT2D eigenvalue weighted by Gasteiger charge is -2.27. The van der Waals surface area contributed by atoms with E-state index in [2.05, 4.69) is 37.2 Å². The van der Waals surface area contributed by atoms with Crippen molar-refractivity contribution < 1.29 is 0 Å². The van der Waals surface area contributed by atoms with E-state index in [1.165, 1.54) is 18.7 Å². The number of nitrogens with one attached hydrogen (secondary N) is 1. The average Bonchev–Trinajstić information content (AvgIpc) is 2.28. The van der Waals surface area contributed by atoms with Crippen molar-refractivity contribution in [3.05, 3.63) is 28.5 Å². The van der Waals surface area contributed by atoms with E-state index in [0.717, 1.165) is 30.5 Å². The van der Waals surface area contributed by atoms with Crippen LogP contribution in [0.4, 0.5) is 0 Å². The Morgan fingerprint density at radius 2 is 2.13 bits per heavy atom. The van der Waals surface area contributed by atoms with Crippen molar-refractivity contribution >= 4 is 15.9 Å². The van der Waals surface area contributed by atoms with E-state index in [0.29, 0.717) is 0 Å². The first-order chi connectivity index (χ1) is 7.34. The number of halogens is 1. The number of hydrogen-bond acceptors (Lipinski definition) is 3. The molecule has 0 aromatic carbocycles. The predicted octanol–water partition coefficient (Wildman–Crippen LogP) is 1.29. The Kier molecular flexibility index (Phi) is 4.11. The molecule has 3 nitrogen and oxygen atoms in total. The summed E-state index contributed by atoms with van der Waals surface area (Å²) in [5.41, 5.74) is 1.31. The number of nitrogens with zero attached hydrogens (tertiary/aromatic N) is 2. The molecule has 1 saturated heterocycles. The average molecular weight is 270 g/mol. The second kappa shape index (κ2) is 5.58. The van der Waals surface area contributed by atoms with Crippen LogP contribution in [0.25, 0.3) is 0 Å². The lowest BCUT2D eigenvalue weighted by atomic mass is 10.2. The Labute approximate surface area is 99.0 Å². The first-order valence-electron chi connectivity index (χ1n) is 5.37. The predicted molar refractivity (Wildman–Crippen MR) is 65.0 cm³/mol. The van der Waals surface area contributed by atoms with Crippen LogP contribution >= 0.6 is 15.9 Å². The van der Waals surface area contributed by atoms with Gasteiger partial charge in [-0.2, -0.15) is 0 Å². The second-order valence-corrected chi connectivity index (χ2v) is 4.77. The summed E-state index contributed by atoms with van der Waals surface area (Å²) in [6.45, 7) is 5.72. The van der Waals surface area contributed by atoms with Crippen LogP contribution in [0.2, 0.25) is 0 Å². The van der Waals surface area contributed by atoms with Gasteiger partial charge in [0.05, 0.1) is 0 Å². The van der Waals surface area contributed by atoms with Crippen molar-refractivity contribution in [3.8, 4) is 0 Å². The molecule has 0 bridgehead atoms. The van der Waals surface area contributed by atoms with Crippen molar-refractivity contribution in [2.75, 3.05) is 32.7 Å². The van der Waals surface area contributed by atoms with Gasteiger partial charge in [0.2, 0.25) is 0 Å². The molecule has 0 spiro atoms. The Balaban J connectivity index is 1.81. The molecule has 2 heterocycles. The van der Waals surface area contributed by atoms with Crippen LogP contribution in [-0.4, -0.2) is 42.6 Å². The highest BCUT2D eigenvalue weighted by atomic mass is 79.9. The zero-order chi connectivity index (χ0) is 10.5. The molecule has 2 rings (SSSR count). The largest absolute Gasteiger partial charge is 0.314 e. The normalized spacial score (nSPS) is 17.9. The molecule has 0 unspecified atom stereocenters. The summed E-state index contributed by atoms with van der Waals surface area (Å²) in [6, 6.07) is 2.15. The van der Waals surface area contributed by atoms with Gasteiger partial charge in [-0.25, -0.2) is 0 Å². The summed E-state index contributed by atoms with van der Waals surface area (Å²) in [4.78, 5) is 6.67. The Bertz CT molecular complexity index is 310.